The fourth-order valence-electron chi connectivity index (χ4n) is 2.88. The Morgan fingerprint density at radius 1 is 1.15 bits per heavy atom. The van der Waals surface area contributed by atoms with E-state index in [1.54, 1.807) is 11.1 Å². The van der Waals surface area contributed by atoms with Crippen molar-refractivity contribution in [2.24, 2.45) is 11.8 Å². The van der Waals surface area contributed by atoms with Crippen LogP contribution in [0, 0.1) is 11.8 Å². The van der Waals surface area contributed by atoms with E-state index >= 15 is 0 Å². The predicted octanol–water partition coefficient (Wildman–Crippen LogP) is 6.62. The molecule has 0 heterocycles. The first-order chi connectivity index (χ1) is 9.65. The van der Waals surface area contributed by atoms with Crippen molar-refractivity contribution in [1.82, 2.24) is 0 Å². The van der Waals surface area contributed by atoms with Crippen LogP contribution in [0.4, 0.5) is 0 Å². The van der Waals surface area contributed by atoms with Crippen LogP contribution in [0.25, 0.3) is 0 Å². The molecule has 0 heteroatoms. The topological polar surface area (TPSA) is 0 Å². The number of hydrogen-bond acceptors (Lipinski definition) is 0. The predicted molar refractivity (Wildman–Crippen MR) is 91.8 cm³/mol. The minimum Gasteiger partial charge on any atom is -0.0837 e. The van der Waals surface area contributed by atoms with Gasteiger partial charge in [-0.3, -0.25) is 0 Å². The monoisotopic (exact) mass is 272 g/mol. The van der Waals surface area contributed by atoms with Gasteiger partial charge in [-0.25, -0.2) is 0 Å². The van der Waals surface area contributed by atoms with Gasteiger partial charge in [0.2, 0.25) is 0 Å². The average Bonchev–Trinajstić information content (AvgIpc) is 2.48. The van der Waals surface area contributed by atoms with Crippen molar-refractivity contribution in [3.05, 3.63) is 47.1 Å². The van der Waals surface area contributed by atoms with Gasteiger partial charge in [0.05, 0.1) is 0 Å². The smallest absolute Gasteiger partial charge is 0.0190 e. The van der Waals surface area contributed by atoms with Gasteiger partial charge in [-0.2, -0.15) is 0 Å². The first kappa shape index (κ1) is 17.0. The van der Waals surface area contributed by atoms with Crippen molar-refractivity contribution in [1.29, 1.82) is 0 Å². The van der Waals surface area contributed by atoms with Gasteiger partial charge in [0.25, 0.3) is 0 Å². The second-order valence-electron chi connectivity index (χ2n) is 6.07. The van der Waals surface area contributed by atoms with Crippen LogP contribution in [0.1, 0.15) is 66.7 Å². The molecule has 0 aromatic heterocycles. The zero-order valence-corrected chi connectivity index (χ0v) is 14.1. The largest absolute Gasteiger partial charge is 0.0837 e. The standard InChI is InChI=1S/C18H26.C2H6/c1-14(2)18-11-9-16(10-12-18)7-8-17-6-4-5-15(3)13-17;1-2/h4-5,9,11,13-14,17H,6-8,10,12H2,1-3H3;1-2H3. The van der Waals surface area contributed by atoms with E-state index in [4.69, 9.17) is 0 Å². The van der Waals surface area contributed by atoms with Gasteiger partial charge in [0, 0.05) is 0 Å². The summed E-state index contributed by atoms with van der Waals surface area (Å²) in [6.45, 7) is 10.8. The summed E-state index contributed by atoms with van der Waals surface area (Å²) in [6, 6.07) is 0. The summed E-state index contributed by atoms with van der Waals surface area (Å²) in [5, 5.41) is 0. The average molecular weight is 272 g/mol. The maximum atomic E-state index is 2.44. The molecule has 0 aromatic rings. The van der Waals surface area contributed by atoms with Gasteiger partial charge < -0.3 is 0 Å². The summed E-state index contributed by atoms with van der Waals surface area (Å²) in [5.74, 6) is 1.49. The second kappa shape index (κ2) is 9.00. The molecule has 2 aliphatic carbocycles. The Morgan fingerprint density at radius 2 is 1.90 bits per heavy atom. The Morgan fingerprint density at radius 3 is 2.45 bits per heavy atom. The van der Waals surface area contributed by atoms with Crippen molar-refractivity contribution < 1.29 is 0 Å². The van der Waals surface area contributed by atoms with Crippen LogP contribution in [0.3, 0.4) is 0 Å². The molecular weight excluding hydrogens is 240 g/mol. The van der Waals surface area contributed by atoms with E-state index in [9.17, 15) is 0 Å². The van der Waals surface area contributed by atoms with Crippen molar-refractivity contribution in [2.45, 2.75) is 66.7 Å². The minimum absolute atomic E-state index is 0.719. The maximum Gasteiger partial charge on any atom is -0.0190 e. The molecule has 0 aliphatic heterocycles. The molecule has 0 nitrogen and oxygen atoms in total. The Labute approximate surface area is 126 Å². The molecule has 1 unspecified atom stereocenters. The van der Waals surface area contributed by atoms with Crippen LogP contribution in [0.5, 0.6) is 0 Å². The number of rotatable bonds is 4. The third-order valence-corrected chi connectivity index (χ3v) is 4.16. The lowest BCUT2D eigenvalue weighted by molar-refractivity contribution is 0.576. The van der Waals surface area contributed by atoms with Crippen LogP contribution >= 0.6 is 0 Å². The van der Waals surface area contributed by atoms with Crippen LogP contribution < -0.4 is 0 Å². The summed E-state index contributed by atoms with van der Waals surface area (Å²) >= 11 is 0. The van der Waals surface area contributed by atoms with Crippen LogP contribution in [-0.2, 0) is 0 Å². The first-order valence-electron chi connectivity index (χ1n) is 8.38. The van der Waals surface area contributed by atoms with Crippen LogP contribution in [0.15, 0.2) is 47.1 Å². The van der Waals surface area contributed by atoms with Crippen molar-refractivity contribution in [2.75, 3.05) is 0 Å². The summed E-state index contributed by atoms with van der Waals surface area (Å²) in [6.07, 6.45) is 18.2. The zero-order chi connectivity index (χ0) is 15.0. The highest BCUT2D eigenvalue weighted by Gasteiger charge is 2.12. The van der Waals surface area contributed by atoms with Crippen molar-refractivity contribution in [3.8, 4) is 0 Å². The van der Waals surface area contributed by atoms with Crippen LogP contribution in [-0.4, -0.2) is 0 Å². The highest BCUT2D eigenvalue weighted by atomic mass is 14.2. The van der Waals surface area contributed by atoms with E-state index in [0.717, 1.165) is 11.8 Å². The van der Waals surface area contributed by atoms with E-state index in [2.05, 4.69) is 51.2 Å². The Hall–Kier alpha value is -1.04. The third kappa shape index (κ3) is 5.53. The molecule has 0 saturated carbocycles. The van der Waals surface area contributed by atoms with Gasteiger partial charge in [-0.15, -0.1) is 0 Å². The van der Waals surface area contributed by atoms with Gasteiger partial charge in [0.1, 0.15) is 0 Å². The molecule has 20 heavy (non-hydrogen) atoms. The molecule has 0 amide bonds. The molecule has 1 atom stereocenters. The first-order valence-corrected chi connectivity index (χ1v) is 8.38. The molecule has 0 spiro atoms. The zero-order valence-electron chi connectivity index (χ0n) is 14.1. The highest BCUT2D eigenvalue weighted by Crippen LogP contribution is 2.29. The quantitative estimate of drug-likeness (QED) is 0.539. The lowest BCUT2D eigenvalue weighted by Gasteiger charge is -2.19. The third-order valence-electron chi connectivity index (χ3n) is 4.16. The van der Waals surface area contributed by atoms with Crippen molar-refractivity contribution >= 4 is 0 Å². The normalized spacial score (nSPS) is 21.7. The summed E-state index contributed by atoms with van der Waals surface area (Å²) in [7, 11) is 0. The molecule has 0 N–H and O–H groups in total. The van der Waals surface area contributed by atoms with E-state index in [-0.39, 0.29) is 0 Å². The number of allylic oxidation sites excluding steroid dienone is 8. The number of hydrogen-bond donors (Lipinski definition) is 0. The molecule has 112 valence electrons. The fourth-order valence-corrected chi connectivity index (χ4v) is 2.88. The van der Waals surface area contributed by atoms with Gasteiger partial charge >= 0.3 is 0 Å². The molecule has 2 rings (SSSR count). The fraction of sp³-hybridized carbons (Fsp3) is 0.600. The minimum atomic E-state index is 0.719. The molecule has 0 fully saturated rings. The van der Waals surface area contributed by atoms with Crippen LogP contribution in [0.2, 0.25) is 0 Å². The molecule has 0 bridgehead atoms. The van der Waals surface area contributed by atoms with Crippen molar-refractivity contribution in [3.63, 3.8) is 0 Å². The molecule has 2 aliphatic rings. The SMILES string of the molecule is CC.CC1=CC(CCC2=CC=C(C(C)C)CC2)CC=C1. The van der Waals surface area contributed by atoms with Gasteiger partial charge in [-0.05, 0) is 50.9 Å². The second-order valence-corrected chi connectivity index (χ2v) is 6.07. The molecule has 0 saturated heterocycles. The molecule has 0 radical (unpaired) electrons. The lowest BCUT2D eigenvalue weighted by Crippen LogP contribution is -2.03. The summed E-state index contributed by atoms with van der Waals surface area (Å²) in [4.78, 5) is 0. The van der Waals surface area contributed by atoms with E-state index in [1.807, 2.05) is 13.8 Å². The van der Waals surface area contributed by atoms with Gasteiger partial charge in [0.15, 0.2) is 0 Å². The van der Waals surface area contributed by atoms with Gasteiger partial charge in [-0.1, -0.05) is 74.8 Å². The molecule has 0 aromatic carbocycles. The maximum absolute atomic E-state index is 2.44. The lowest BCUT2D eigenvalue weighted by atomic mass is 9.86. The van der Waals surface area contributed by atoms with E-state index in [1.165, 1.54) is 37.7 Å². The molecular formula is C20H32. The summed E-state index contributed by atoms with van der Waals surface area (Å²) < 4.78 is 0. The Kier molecular flexibility index (Phi) is 7.65. The van der Waals surface area contributed by atoms with E-state index < -0.39 is 0 Å². The summed E-state index contributed by atoms with van der Waals surface area (Å²) in [5.41, 5.74) is 4.71. The van der Waals surface area contributed by atoms with E-state index in [0.29, 0.717) is 0 Å². The Balaban J connectivity index is 0.000000956. The Bertz CT molecular complexity index is 402. The highest BCUT2D eigenvalue weighted by molar-refractivity contribution is 5.26.